The summed E-state index contributed by atoms with van der Waals surface area (Å²) >= 11 is 5.87. The summed E-state index contributed by atoms with van der Waals surface area (Å²) in [4.78, 5) is 12.2. The van der Waals surface area contributed by atoms with Gasteiger partial charge < -0.3 is 5.32 Å². The van der Waals surface area contributed by atoms with Gasteiger partial charge >= 0.3 is 0 Å². The molecular formula is C15H21ClN2O5S2. The van der Waals surface area contributed by atoms with Crippen LogP contribution in [0.2, 0.25) is 5.02 Å². The Morgan fingerprint density at radius 1 is 1.20 bits per heavy atom. The molecule has 0 aromatic heterocycles. The highest BCUT2D eigenvalue weighted by Gasteiger charge is 2.25. The average Bonchev–Trinajstić information content (AvgIpc) is 2.51. The van der Waals surface area contributed by atoms with Gasteiger partial charge in [0.1, 0.15) is 0 Å². The third kappa shape index (κ3) is 5.40. The van der Waals surface area contributed by atoms with Crippen molar-refractivity contribution in [1.29, 1.82) is 0 Å². The third-order valence-electron chi connectivity index (χ3n) is 4.19. The monoisotopic (exact) mass is 408 g/mol. The van der Waals surface area contributed by atoms with Crippen LogP contribution >= 0.6 is 11.6 Å². The first-order valence-corrected chi connectivity index (χ1v) is 11.8. The molecule has 0 saturated carbocycles. The van der Waals surface area contributed by atoms with E-state index in [0.717, 1.165) is 6.26 Å². The van der Waals surface area contributed by atoms with E-state index in [9.17, 15) is 21.6 Å². The van der Waals surface area contributed by atoms with Crippen LogP contribution in [0.4, 0.5) is 0 Å². The number of nitrogens with zero attached hydrogens (tertiary/aromatic N) is 1. The van der Waals surface area contributed by atoms with Crippen LogP contribution in [0.25, 0.3) is 0 Å². The molecule has 1 aromatic rings. The minimum atomic E-state index is -3.52. The van der Waals surface area contributed by atoms with Crippen LogP contribution in [0.1, 0.15) is 23.2 Å². The van der Waals surface area contributed by atoms with E-state index in [1.807, 2.05) is 0 Å². The van der Waals surface area contributed by atoms with Gasteiger partial charge in [-0.05, 0) is 37.0 Å². The highest BCUT2D eigenvalue weighted by atomic mass is 35.5. The lowest BCUT2D eigenvalue weighted by molar-refractivity contribution is 0.0941. The molecule has 0 atom stereocenters. The highest BCUT2D eigenvalue weighted by molar-refractivity contribution is 7.90. The van der Waals surface area contributed by atoms with Gasteiger partial charge in [-0.2, -0.15) is 0 Å². The molecule has 25 heavy (non-hydrogen) atoms. The fourth-order valence-electron chi connectivity index (χ4n) is 2.71. The van der Waals surface area contributed by atoms with Crippen LogP contribution in [0, 0.1) is 5.92 Å². The van der Waals surface area contributed by atoms with Gasteiger partial charge in [-0.25, -0.2) is 21.1 Å². The van der Waals surface area contributed by atoms with Gasteiger partial charge in [-0.1, -0.05) is 11.6 Å². The highest BCUT2D eigenvalue weighted by Crippen LogP contribution is 2.23. The largest absolute Gasteiger partial charge is 0.352 e. The van der Waals surface area contributed by atoms with Crippen molar-refractivity contribution in [2.45, 2.75) is 17.7 Å². The number of hydrogen-bond acceptors (Lipinski definition) is 5. The Bertz CT molecular complexity index is 860. The van der Waals surface area contributed by atoms with Crippen LogP contribution in [-0.4, -0.2) is 59.2 Å². The normalized spacial score (nSPS) is 17.4. The van der Waals surface area contributed by atoms with E-state index in [-0.39, 0.29) is 27.3 Å². The molecule has 1 N–H and O–H groups in total. The maximum absolute atomic E-state index is 12.2. The van der Waals surface area contributed by atoms with Crippen LogP contribution in [0.15, 0.2) is 23.1 Å². The second kappa shape index (κ2) is 7.61. The number of carbonyl (C=O) groups is 1. The molecule has 2 rings (SSSR count). The van der Waals surface area contributed by atoms with E-state index in [2.05, 4.69) is 5.32 Å². The van der Waals surface area contributed by atoms with Gasteiger partial charge in [-0.15, -0.1) is 0 Å². The summed E-state index contributed by atoms with van der Waals surface area (Å²) in [6.07, 6.45) is 3.56. The topological polar surface area (TPSA) is 101 Å². The summed E-state index contributed by atoms with van der Waals surface area (Å²) in [5.41, 5.74) is 0.221. The van der Waals surface area contributed by atoms with Gasteiger partial charge in [0.2, 0.25) is 10.0 Å². The molecule has 10 heteroatoms. The van der Waals surface area contributed by atoms with Gasteiger partial charge in [0, 0.05) is 31.5 Å². The number of carbonyl (C=O) groups excluding carboxylic acids is 1. The number of sulfone groups is 1. The molecule has 140 valence electrons. The minimum absolute atomic E-state index is 0.0761. The number of hydrogen-bond donors (Lipinski definition) is 1. The predicted octanol–water partition coefficient (Wildman–Crippen LogP) is 1.14. The van der Waals surface area contributed by atoms with Gasteiger partial charge in [-0.3, -0.25) is 4.79 Å². The molecule has 1 aromatic carbocycles. The smallest absolute Gasteiger partial charge is 0.251 e. The molecule has 0 radical (unpaired) electrons. The summed E-state index contributed by atoms with van der Waals surface area (Å²) in [5, 5.41) is 2.85. The number of halogens is 1. The van der Waals surface area contributed by atoms with Crippen molar-refractivity contribution in [3.63, 3.8) is 0 Å². The number of sulfonamides is 1. The lowest BCUT2D eigenvalue weighted by Gasteiger charge is -2.30. The minimum Gasteiger partial charge on any atom is -0.352 e. The zero-order valence-corrected chi connectivity index (χ0v) is 16.4. The summed E-state index contributed by atoms with van der Waals surface area (Å²) in [5.74, 6) is -0.198. The molecule has 1 aliphatic heterocycles. The first-order chi connectivity index (χ1) is 11.5. The Morgan fingerprint density at radius 2 is 1.80 bits per heavy atom. The fourth-order valence-corrected chi connectivity index (χ4v) is 4.89. The van der Waals surface area contributed by atoms with Crippen LogP contribution in [0.5, 0.6) is 0 Å². The molecule has 1 aliphatic rings. The van der Waals surface area contributed by atoms with Crippen molar-refractivity contribution < 1.29 is 21.6 Å². The molecular weight excluding hydrogens is 388 g/mol. The predicted molar refractivity (Wildman–Crippen MR) is 96.0 cm³/mol. The van der Waals surface area contributed by atoms with Crippen LogP contribution in [0.3, 0.4) is 0 Å². The van der Waals surface area contributed by atoms with E-state index < -0.39 is 19.9 Å². The Kier molecular flexibility index (Phi) is 6.13. The second-order valence-electron chi connectivity index (χ2n) is 6.23. The number of amides is 1. The quantitative estimate of drug-likeness (QED) is 0.787. The van der Waals surface area contributed by atoms with Crippen LogP contribution < -0.4 is 5.32 Å². The molecule has 0 unspecified atom stereocenters. The second-order valence-corrected chi connectivity index (χ2v) is 10.6. The van der Waals surface area contributed by atoms with E-state index in [1.165, 1.54) is 28.8 Å². The van der Waals surface area contributed by atoms with E-state index in [4.69, 9.17) is 11.6 Å². The average molecular weight is 409 g/mol. The zero-order valence-electron chi connectivity index (χ0n) is 14.0. The molecule has 1 heterocycles. The van der Waals surface area contributed by atoms with Crippen molar-refractivity contribution in [1.82, 2.24) is 9.62 Å². The SMILES string of the molecule is CS(=O)(=O)c1cc(C(=O)NCC2CCN(S(C)(=O)=O)CC2)ccc1Cl. The van der Waals surface area contributed by atoms with Gasteiger partial charge in [0.25, 0.3) is 5.91 Å². The molecule has 1 amide bonds. The summed E-state index contributed by atoms with van der Waals surface area (Å²) < 4.78 is 47.7. The Labute approximate surface area is 153 Å². The lowest BCUT2D eigenvalue weighted by atomic mass is 9.98. The first-order valence-electron chi connectivity index (χ1n) is 7.71. The Balaban J connectivity index is 1.96. The summed E-state index contributed by atoms with van der Waals surface area (Å²) in [6.45, 7) is 1.30. The van der Waals surface area contributed by atoms with Crippen molar-refractivity contribution >= 4 is 37.4 Å². The fraction of sp³-hybridized carbons (Fsp3) is 0.533. The van der Waals surface area contributed by atoms with Gasteiger partial charge in [0.15, 0.2) is 9.84 Å². The van der Waals surface area contributed by atoms with Gasteiger partial charge in [0.05, 0.1) is 16.2 Å². The van der Waals surface area contributed by atoms with E-state index in [0.29, 0.717) is 32.5 Å². The third-order valence-corrected chi connectivity index (χ3v) is 7.07. The Hall–Kier alpha value is -1.16. The molecule has 0 bridgehead atoms. The Morgan fingerprint density at radius 3 is 2.32 bits per heavy atom. The van der Waals surface area contributed by atoms with Crippen molar-refractivity contribution in [2.75, 3.05) is 32.1 Å². The summed E-state index contributed by atoms with van der Waals surface area (Å²) in [6, 6.07) is 4.12. The van der Waals surface area contributed by atoms with E-state index >= 15 is 0 Å². The maximum atomic E-state index is 12.2. The van der Waals surface area contributed by atoms with Crippen molar-refractivity contribution in [3.8, 4) is 0 Å². The standard InChI is InChI=1S/C15H21ClN2O5S2/c1-24(20,21)14-9-12(3-4-13(14)16)15(19)17-10-11-5-7-18(8-6-11)25(2,22)23/h3-4,9,11H,5-8,10H2,1-2H3,(H,17,19). The maximum Gasteiger partial charge on any atom is 0.251 e. The van der Waals surface area contributed by atoms with Crippen LogP contribution in [-0.2, 0) is 19.9 Å². The first kappa shape index (κ1) is 20.2. The molecule has 0 aliphatic carbocycles. The molecule has 1 fully saturated rings. The number of benzene rings is 1. The summed E-state index contributed by atoms with van der Waals surface area (Å²) in [7, 11) is -6.69. The lowest BCUT2D eigenvalue weighted by Crippen LogP contribution is -2.41. The zero-order chi connectivity index (χ0) is 18.8. The van der Waals surface area contributed by atoms with Crippen molar-refractivity contribution in [2.24, 2.45) is 5.92 Å². The van der Waals surface area contributed by atoms with Crippen molar-refractivity contribution in [3.05, 3.63) is 28.8 Å². The number of piperidine rings is 1. The number of nitrogens with one attached hydrogen (secondary N) is 1. The molecule has 0 spiro atoms. The molecule has 7 nitrogen and oxygen atoms in total. The molecule has 1 saturated heterocycles. The van der Waals surface area contributed by atoms with E-state index in [1.54, 1.807) is 0 Å². The number of rotatable bonds is 5.